The lowest BCUT2D eigenvalue weighted by Gasteiger charge is -2.18. The Balaban J connectivity index is 2.00. The summed E-state index contributed by atoms with van der Waals surface area (Å²) in [6, 6.07) is 3.01. The molecule has 1 aromatic heterocycles. The summed E-state index contributed by atoms with van der Waals surface area (Å²) in [4.78, 5) is 0. The molecule has 2 N–H and O–H groups in total. The van der Waals surface area contributed by atoms with Crippen LogP contribution in [0.15, 0.2) is 21.6 Å². The van der Waals surface area contributed by atoms with Crippen LogP contribution in [0.3, 0.4) is 0 Å². The van der Waals surface area contributed by atoms with Crippen LogP contribution in [0.25, 0.3) is 0 Å². The van der Waals surface area contributed by atoms with Gasteiger partial charge in [0.15, 0.2) is 0 Å². The van der Waals surface area contributed by atoms with Gasteiger partial charge in [-0.25, -0.2) is 13.1 Å². The molecule has 0 aromatic carbocycles. The van der Waals surface area contributed by atoms with Gasteiger partial charge in [-0.15, -0.1) is 0 Å². The Hall–Kier alpha value is -0.890. The van der Waals surface area contributed by atoms with Crippen LogP contribution < -0.4 is 10.0 Å². The zero-order chi connectivity index (χ0) is 14.6. The molecule has 1 aliphatic rings. The fraction of sp³-hybridized carbons (Fsp3) is 0.692. The highest BCUT2D eigenvalue weighted by Gasteiger charge is 2.28. The van der Waals surface area contributed by atoms with Gasteiger partial charge >= 0.3 is 0 Å². The van der Waals surface area contributed by atoms with E-state index in [1.165, 1.54) is 6.07 Å². The second-order valence-electron chi connectivity index (χ2n) is 5.03. The summed E-state index contributed by atoms with van der Waals surface area (Å²) in [6.45, 7) is 6.47. The van der Waals surface area contributed by atoms with Crippen LogP contribution >= 0.6 is 0 Å². The third-order valence-corrected chi connectivity index (χ3v) is 4.90. The summed E-state index contributed by atoms with van der Waals surface area (Å²) in [7, 11) is -3.60. The van der Waals surface area contributed by atoms with E-state index < -0.39 is 10.0 Å². The average Bonchev–Trinajstić information content (AvgIpc) is 3.07. The molecule has 1 aromatic rings. The molecule has 2 rings (SSSR count). The average molecular weight is 302 g/mol. The summed E-state index contributed by atoms with van der Waals surface area (Å²) in [5.41, 5.74) is 0. The van der Waals surface area contributed by atoms with E-state index in [0.717, 1.165) is 13.0 Å². The Kier molecular flexibility index (Phi) is 5.20. The number of rotatable bonds is 7. The van der Waals surface area contributed by atoms with E-state index in [1.807, 2.05) is 13.8 Å². The van der Waals surface area contributed by atoms with Crippen LogP contribution in [0.2, 0.25) is 0 Å². The van der Waals surface area contributed by atoms with E-state index in [2.05, 4.69) is 10.0 Å². The summed E-state index contributed by atoms with van der Waals surface area (Å²) >= 11 is 0. The number of ether oxygens (including phenoxy) is 1. The molecule has 0 aliphatic carbocycles. The zero-order valence-electron chi connectivity index (χ0n) is 11.9. The van der Waals surface area contributed by atoms with Crippen molar-refractivity contribution < 1.29 is 17.6 Å². The lowest BCUT2D eigenvalue weighted by molar-refractivity contribution is 0.180. The Bertz CT molecular complexity index is 520. The largest absolute Gasteiger partial charge is 0.447 e. The van der Waals surface area contributed by atoms with Gasteiger partial charge in [0, 0.05) is 18.6 Å². The van der Waals surface area contributed by atoms with Gasteiger partial charge in [0.05, 0.1) is 13.2 Å². The van der Waals surface area contributed by atoms with Gasteiger partial charge in [0.25, 0.3) is 10.0 Å². The molecule has 1 aliphatic heterocycles. The normalized spacial score (nSPS) is 21.2. The summed E-state index contributed by atoms with van der Waals surface area (Å²) in [5, 5.41) is 3.06. The maximum Gasteiger partial charge on any atom is 0.274 e. The molecule has 0 amide bonds. The molecule has 20 heavy (non-hydrogen) atoms. The number of sulfonamides is 1. The summed E-state index contributed by atoms with van der Waals surface area (Å²) in [6.07, 6.45) is 0.882. The SMILES string of the molecule is CCNCc1ccc(S(=O)(=O)NC(C)C2CCOC2)o1. The van der Waals surface area contributed by atoms with E-state index in [-0.39, 0.29) is 17.1 Å². The minimum Gasteiger partial charge on any atom is -0.447 e. The van der Waals surface area contributed by atoms with Crippen molar-refractivity contribution in [2.24, 2.45) is 5.92 Å². The first-order valence-corrected chi connectivity index (χ1v) is 8.40. The number of nitrogens with one attached hydrogen (secondary N) is 2. The van der Waals surface area contributed by atoms with Crippen molar-refractivity contribution in [2.45, 2.75) is 37.9 Å². The maximum absolute atomic E-state index is 12.2. The van der Waals surface area contributed by atoms with E-state index in [1.54, 1.807) is 6.07 Å². The lowest BCUT2D eigenvalue weighted by atomic mass is 10.0. The molecule has 0 spiro atoms. The fourth-order valence-corrected chi connectivity index (χ4v) is 3.45. The zero-order valence-corrected chi connectivity index (χ0v) is 12.7. The molecule has 0 bridgehead atoms. The van der Waals surface area contributed by atoms with E-state index in [9.17, 15) is 8.42 Å². The van der Waals surface area contributed by atoms with Crippen LogP contribution in [-0.2, 0) is 21.3 Å². The smallest absolute Gasteiger partial charge is 0.274 e. The standard InChI is InChI=1S/C13H22N2O4S/c1-3-14-8-12-4-5-13(19-12)20(16,17)15-10(2)11-6-7-18-9-11/h4-5,10-11,14-15H,3,6-9H2,1-2H3. The molecule has 0 radical (unpaired) electrons. The van der Waals surface area contributed by atoms with Crippen LogP contribution in [0.1, 0.15) is 26.0 Å². The van der Waals surface area contributed by atoms with Gasteiger partial charge in [-0.1, -0.05) is 6.92 Å². The van der Waals surface area contributed by atoms with Crippen LogP contribution in [0.5, 0.6) is 0 Å². The molecule has 7 heteroatoms. The highest BCUT2D eigenvalue weighted by Crippen LogP contribution is 2.20. The molecule has 6 nitrogen and oxygen atoms in total. The molecule has 1 fully saturated rings. The first-order chi connectivity index (χ1) is 9.53. The lowest BCUT2D eigenvalue weighted by Crippen LogP contribution is -2.38. The van der Waals surface area contributed by atoms with Crippen molar-refractivity contribution in [1.29, 1.82) is 0 Å². The number of furan rings is 1. The first kappa shape index (κ1) is 15.5. The second kappa shape index (κ2) is 6.71. The number of hydrogen-bond donors (Lipinski definition) is 2. The molecule has 2 atom stereocenters. The minimum absolute atomic E-state index is 0.0313. The van der Waals surface area contributed by atoms with Gasteiger partial charge in [0.1, 0.15) is 5.76 Å². The van der Waals surface area contributed by atoms with Gasteiger partial charge in [-0.3, -0.25) is 0 Å². The number of hydrogen-bond acceptors (Lipinski definition) is 5. The minimum atomic E-state index is -3.60. The molecule has 114 valence electrons. The molecule has 2 heterocycles. The van der Waals surface area contributed by atoms with Crippen LogP contribution in [-0.4, -0.2) is 34.2 Å². The van der Waals surface area contributed by atoms with Crippen LogP contribution in [0.4, 0.5) is 0 Å². The summed E-state index contributed by atoms with van der Waals surface area (Å²) in [5.74, 6) is 0.838. The monoisotopic (exact) mass is 302 g/mol. The topological polar surface area (TPSA) is 80.6 Å². The van der Waals surface area contributed by atoms with E-state index >= 15 is 0 Å². The van der Waals surface area contributed by atoms with Crippen molar-refractivity contribution in [3.63, 3.8) is 0 Å². The Morgan fingerprint density at radius 3 is 2.90 bits per heavy atom. The van der Waals surface area contributed by atoms with E-state index in [0.29, 0.717) is 25.5 Å². The highest BCUT2D eigenvalue weighted by molar-refractivity contribution is 7.89. The summed E-state index contributed by atoms with van der Waals surface area (Å²) < 4.78 is 37.8. The van der Waals surface area contributed by atoms with Crippen molar-refractivity contribution in [1.82, 2.24) is 10.0 Å². The van der Waals surface area contributed by atoms with Crippen LogP contribution in [0, 0.1) is 5.92 Å². The second-order valence-corrected chi connectivity index (χ2v) is 6.68. The fourth-order valence-electron chi connectivity index (χ4n) is 2.19. The predicted octanol–water partition coefficient (Wildman–Crippen LogP) is 1.09. The Morgan fingerprint density at radius 1 is 1.45 bits per heavy atom. The first-order valence-electron chi connectivity index (χ1n) is 6.92. The molecule has 2 unspecified atom stereocenters. The molecular formula is C13H22N2O4S. The van der Waals surface area contributed by atoms with Gasteiger partial charge < -0.3 is 14.5 Å². The molecular weight excluding hydrogens is 280 g/mol. The van der Waals surface area contributed by atoms with Gasteiger partial charge in [0.2, 0.25) is 5.09 Å². The third kappa shape index (κ3) is 3.82. The van der Waals surface area contributed by atoms with Gasteiger partial charge in [-0.05, 0) is 32.0 Å². The van der Waals surface area contributed by atoms with E-state index in [4.69, 9.17) is 9.15 Å². The van der Waals surface area contributed by atoms with Gasteiger partial charge in [-0.2, -0.15) is 0 Å². The van der Waals surface area contributed by atoms with Crippen molar-refractivity contribution in [3.8, 4) is 0 Å². The van der Waals surface area contributed by atoms with Crippen molar-refractivity contribution in [2.75, 3.05) is 19.8 Å². The third-order valence-electron chi connectivity index (χ3n) is 3.46. The maximum atomic E-state index is 12.2. The van der Waals surface area contributed by atoms with Crippen molar-refractivity contribution >= 4 is 10.0 Å². The Labute approximate surface area is 119 Å². The highest BCUT2D eigenvalue weighted by atomic mass is 32.2. The predicted molar refractivity (Wildman–Crippen MR) is 74.8 cm³/mol. The quantitative estimate of drug-likeness (QED) is 0.788. The molecule has 1 saturated heterocycles. The Morgan fingerprint density at radius 2 is 2.25 bits per heavy atom. The van der Waals surface area contributed by atoms with Crippen molar-refractivity contribution in [3.05, 3.63) is 17.9 Å². The molecule has 0 saturated carbocycles.